The Kier molecular flexibility index (Phi) is 5.35. The number of ether oxygens (including phenoxy) is 2. The van der Waals surface area contributed by atoms with Crippen LogP contribution in [0.5, 0.6) is 11.5 Å². The highest BCUT2D eigenvalue weighted by Gasteiger charge is 2.24. The molecule has 33 heavy (non-hydrogen) atoms. The normalized spacial score (nSPS) is 14.4. The van der Waals surface area contributed by atoms with Crippen LogP contribution in [0.2, 0.25) is 0 Å². The smallest absolute Gasteiger partial charge is 0.368 e. The van der Waals surface area contributed by atoms with Crippen LogP contribution >= 0.6 is 0 Å². The van der Waals surface area contributed by atoms with Gasteiger partial charge in [-0.3, -0.25) is 9.59 Å². The Morgan fingerprint density at radius 1 is 1.06 bits per heavy atom. The Labute approximate surface area is 187 Å². The molecule has 0 unspecified atom stereocenters. The summed E-state index contributed by atoms with van der Waals surface area (Å²) in [6.45, 7) is 0.0103. The number of tetrazole rings is 1. The van der Waals surface area contributed by atoms with Crippen molar-refractivity contribution in [1.82, 2.24) is 25.1 Å². The molecule has 1 aliphatic heterocycles. The van der Waals surface area contributed by atoms with Gasteiger partial charge in [-0.2, -0.15) is 9.36 Å². The molecule has 2 heterocycles. The molecule has 2 aliphatic rings. The zero-order valence-electron chi connectivity index (χ0n) is 17.4. The summed E-state index contributed by atoms with van der Waals surface area (Å²) < 4.78 is 12.7. The molecular formula is C22H20N6O5. The minimum atomic E-state index is -0.524. The average molecular weight is 448 g/mol. The quantitative estimate of drug-likeness (QED) is 0.518. The Balaban J connectivity index is 1.20. The monoisotopic (exact) mass is 448 g/mol. The third-order valence-corrected chi connectivity index (χ3v) is 5.08. The largest absolute Gasteiger partial charge is 0.454 e. The topological polar surface area (TPSA) is 129 Å². The molecule has 0 atom stereocenters. The van der Waals surface area contributed by atoms with Crippen molar-refractivity contribution in [3.05, 3.63) is 64.6 Å². The predicted molar refractivity (Wildman–Crippen MR) is 117 cm³/mol. The second kappa shape index (κ2) is 8.61. The maximum Gasteiger partial charge on any atom is 0.368 e. The lowest BCUT2D eigenvalue weighted by Crippen LogP contribution is -2.34. The van der Waals surface area contributed by atoms with Crippen LogP contribution in [0.1, 0.15) is 18.4 Å². The summed E-state index contributed by atoms with van der Waals surface area (Å²) in [5.41, 5.74) is 1.29. The number of carbonyl (C=O) groups is 2. The molecule has 11 nitrogen and oxygen atoms in total. The zero-order chi connectivity index (χ0) is 22.8. The van der Waals surface area contributed by atoms with E-state index in [2.05, 4.69) is 21.1 Å². The molecule has 0 radical (unpaired) electrons. The molecule has 3 aromatic rings. The molecule has 1 aliphatic carbocycles. The predicted octanol–water partition coefficient (Wildman–Crippen LogP) is 1.09. The van der Waals surface area contributed by atoms with Crippen molar-refractivity contribution in [3.8, 4) is 17.2 Å². The van der Waals surface area contributed by atoms with Gasteiger partial charge in [-0.25, -0.2) is 4.79 Å². The van der Waals surface area contributed by atoms with Gasteiger partial charge in [0.25, 0.3) is 0 Å². The molecule has 0 saturated heterocycles. The van der Waals surface area contributed by atoms with Crippen LogP contribution in [0.25, 0.3) is 11.8 Å². The Hall–Kier alpha value is -4.41. The maximum atomic E-state index is 12.5. The summed E-state index contributed by atoms with van der Waals surface area (Å²) in [4.78, 5) is 36.6. The minimum absolute atomic E-state index is 0.181. The van der Waals surface area contributed by atoms with Crippen molar-refractivity contribution in [2.45, 2.75) is 25.4 Å². The molecule has 168 valence electrons. The van der Waals surface area contributed by atoms with Crippen LogP contribution in [0, 0.1) is 0 Å². The molecule has 11 heteroatoms. The maximum absolute atomic E-state index is 12.5. The molecular weight excluding hydrogens is 428 g/mol. The minimum Gasteiger partial charge on any atom is -0.454 e. The number of nitrogens with zero attached hydrogens (tertiary/aromatic N) is 4. The molecule has 0 spiro atoms. The van der Waals surface area contributed by atoms with Crippen molar-refractivity contribution in [1.29, 1.82) is 0 Å². The Morgan fingerprint density at radius 3 is 2.64 bits per heavy atom. The molecule has 1 saturated carbocycles. The summed E-state index contributed by atoms with van der Waals surface area (Å²) in [6, 6.07) is 12.2. The summed E-state index contributed by atoms with van der Waals surface area (Å²) in [7, 11) is 0. The van der Waals surface area contributed by atoms with Gasteiger partial charge in [0.2, 0.25) is 18.6 Å². The molecule has 2 amide bonds. The zero-order valence-corrected chi connectivity index (χ0v) is 17.4. The van der Waals surface area contributed by atoms with Crippen LogP contribution in [-0.4, -0.2) is 44.4 Å². The number of benzene rings is 2. The van der Waals surface area contributed by atoms with E-state index in [9.17, 15) is 14.4 Å². The van der Waals surface area contributed by atoms with Gasteiger partial charge in [0.05, 0.1) is 5.69 Å². The van der Waals surface area contributed by atoms with Crippen molar-refractivity contribution in [3.63, 3.8) is 0 Å². The van der Waals surface area contributed by atoms with E-state index in [4.69, 9.17) is 9.47 Å². The van der Waals surface area contributed by atoms with Gasteiger partial charge in [-0.15, -0.1) is 0 Å². The van der Waals surface area contributed by atoms with E-state index in [0.717, 1.165) is 27.8 Å². The van der Waals surface area contributed by atoms with Gasteiger partial charge < -0.3 is 20.1 Å². The van der Waals surface area contributed by atoms with Gasteiger partial charge in [0.15, 0.2) is 11.5 Å². The van der Waals surface area contributed by atoms with Gasteiger partial charge in [0.1, 0.15) is 6.54 Å². The van der Waals surface area contributed by atoms with Gasteiger partial charge in [-0.05, 0) is 71.3 Å². The lowest BCUT2D eigenvalue weighted by molar-refractivity contribution is -0.122. The SMILES string of the molecule is O=C(C=Cc1ccc2c(c1)OCO2)Nc1ccc(-n2nnn(CC(=O)NC3CC3)c2=O)cc1. The fraction of sp³-hybridized carbons (Fsp3) is 0.227. The van der Waals surface area contributed by atoms with Gasteiger partial charge in [0, 0.05) is 17.8 Å². The first-order valence-electron chi connectivity index (χ1n) is 10.4. The highest BCUT2D eigenvalue weighted by atomic mass is 16.7. The van der Waals surface area contributed by atoms with Crippen LogP contribution in [-0.2, 0) is 16.1 Å². The summed E-state index contributed by atoms with van der Waals surface area (Å²) >= 11 is 0. The molecule has 1 aromatic heterocycles. The van der Waals surface area contributed by atoms with Gasteiger partial charge >= 0.3 is 5.69 Å². The number of aromatic nitrogens is 4. The summed E-state index contributed by atoms with van der Waals surface area (Å²) in [6.07, 6.45) is 5.01. The van der Waals surface area contributed by atoms with E-state index < -0.39 is 5.69 Å². The average Bonchev–Trinajstić information content (AvgIpc) is 3.37. The van der Waals surface area contributed by atoms with Crippen LogP contribution < -0.4 is 25.8 Å². The van der Waals surface area contributed by atoms with Crippen molar-refractivity contribution < 1.29 is 19.1 Å². The van der Waals surface area contributed by atoms with Crippen molar-refractivity contribution in [2.24, 2.45) is 0 Å². The highest BCUT2D eigenvalue weighted by molar-refractivity contribution is 6.02. The van der Waals surface area contributed by atoms with Crippen LogP contribution in [0.3, 0.4) is 0 Å². The van der Waals surface area contributed by atoms with Gasteiger partial charge in [-0.1, -0.05) is 6.07 Å². The number of anilines is 1. The first-order chi connectivity index (χ1) is 16.0. The van der Waals surface area contributed by atoms with Crippen molar-refractivity contribution >= 4 is 23.6 Å². The number of nitrogens with one attached hydrogen (secondary N) is 2. The molecule has 2 aromatic carbocycles. The van der Waals surface area contributed by atoms with E-state index >= 15 is 0 Å². The van der Waals surface area contributed by atoms with E-state index in [0.29, 0.717) is 22.9 Å². The highest BCUT2D eigenvalue weighted by Crippen LogP contribution is 2.32. The Morgan fingerprint density at radius 2 is 1.85 bits per heavy atom. The van der Waals surface area contributed by atoms with E-state index in [1.54, 1.807) is 42.5 Å². The molecule has 2 N–H and O–H groups in total. The first-order valence-corrected chi connectivity index (χ1v) is 10.4. The molecule has 1 fully saturated rings. The second-order valence-corrected chi connectivity index (χ2v) is 7.65. The number of amides is 2. The standard InChI is InChI=1S/C22H20N6O5/c29-20(10-2-14-1-9-18-19(11-14)33-13-32-18)23-16-5-7-17(8-6-16)28-22(31)27(25-26-28)12-21(30)24-15-3-4-15/h1-2,5-11,15H,3-4,12-13H2,(H,23,29)(H,24,30). The number of fused-ring (bicyclic) bond motifs is 1. The fourth-order valence-electron chi connectivity index (χ4n) is 3.23. The second-order valence-electron chi connectivity index (χ2n) is 7.65. The van der Waals surface area contributed by atoms with E-state index in [1.165, 1.54) is 6.08 Å². The number of rotatable bonds is 7. The fourth-order valence-corrected chi connectivity index (χ4v) is 3.23. The van der Waals surface area contributed by atoms with E-state index in [-0.39, 0.29) is 31.2 Å². The molecule has 0 bridgehead atoms. The van der Waals surface area contributed by atoms with E-state index in [1.807, 2.05) is 6.07 Å². The number of carbonyl (C=O) groups excluding carboxylic acids is 2. The first kappa shape index (κ1) is 20.5. The van der Waals surface area contributed by atoms with Crippen LogP contribution in [0.4, 0.5) is 5.69 Å². The Bertz CT molecular complexity index is 1290. The lowest BCUT2D eigenvalue weighted by atomic mass is 10.2. The number of hydrogen-bond donors (Lipinski definition) is 2. The third kappa shape index (κ3) is 4.76. The summed E-state index contributed by atoms with van der Waals surface area (Å²) in [5, 5.41) is 13.2. The third-order valence-electron chi connectivity index (χ3n) is 5.08. The molecule has 5 rings (SSSR count). The van der Waals surface area contributed by atoms with Crippen LogP contribution in [0.15, 0.2) is 53.3 Å². The summed E-state index contributed by atoms with van der Waals surface area (Å²) in [5.74, 6) is 0.741. The van der Waals surface area contributed by atoms with Crippen molar-refractivity contribution in [2.75, 3.05) is 12.1 Å². The number of hydrogen-bond acceptors (Lipinski definition) is 7. The lowest BCUT2D eigenvalue weighted by Gasteiger charge is -2.04.